The number of hydrogen-bond donors (Lipinski definition) is 1. The van der Waals surface area contributed by atoms with Gasteiger partial charge in [0.2, 0.25) is 11.2 Å². The molecule has 0 amide bonds. The Kier molecular flexibility index (Phi) is 5.15. The van der Waals surface area contributed by atoms with Crippen LogP contribution in [0.1, 0.15) is 27.7 Å². The van der Waals surface area contributed by atoms with E-state index < -0.39 is 14.6 Å². The van der Waals surface area contributed by atoms with Gasteiger partial charge in [-0.15, -0.1) is 0 Å². The van der Waals surface area contributed by atoms with Gasteiger partial charge in [0.05, 0.1) is 10.9 Å². The van der Waals surface area contributed by atoms with E-state index in [0.717, 1.165) is 0 Å². The van der Waals surface area contributed by atoms with Crippen molar-refractivity contribution < 1.29 is 13.2 Å². The number of anilines is 1. The van der Waals surface area contributed by atoms with Gasteiger partial charge < -0.3 is 10.1 Å². The monoisotopic (exact) mass is 322 g/mol. The van der Waals surface area contributed by atoms with E-state index in [1.807, 2.05) is 13.8 Å². The second-order valence-corrected chi connectivity index (χ2v) is 8.25. The molecule has 0 unspecified atom stereocenters. The van der Waals surface area contributed by atoms with Gasteiger partial charge in [-0.1, -0.05) is 0 Å². The second-order valence-electron chi connectivity index (χ2n) is 5.26. The minimum Gasteiger partial charge on any atom is -0.461 e. The van der Waals surface area contributed by atoms with E-state index in [2.05, 4.69) is 20.3 Å². The molecular weight excluding hydrogens is 304 g/mol. The van der Waals surface area contributed by atoms with Crippen molar-refractivity contribution in [3.8, 4) is 6.01 Å². The average molecular weight is 323 g/mol. The summed E-state index contributed by atoms with van der Waals surface area (Å²) < 4.78 is 27.6. The number of rotatable bonds is 6. The Morgan fingerprint density at radius 3 is 2.40 bits per heavy atom. The van der Waals surface area contributed by atoms with Crippen LogP contribution in [0, 0.1) is 0 Å². The summed E-state index contributed by atoms with van der Waals surface area (Å²) in [6.07, 6.45) is 1.08. The molecule has 0 atom stereocenters. The molecule has 1 N–H and O–H groups in total. The van der Waals surface area contributed by atoms with Crippen molar-refractivity contribution in [1.29, 1.82) is 0 Å². The minimum absolute atomic E-state index is 0.0182. The van der Waals surface area contributed by atoms with Gasteiger partial charge in [0.25, 0.3) is 0 Å². The molecule has 9 heteroatoms. The quantitative estimate of drug-likeness (QED) is 0.849. The molecule has 0 aliphatic rings. The number of nitrogens with zero attached hydrogens (tertiary/aromatic N) is 3. The fourth-order valence-electron chi connectivity index (χ4n) is 1.10. The minimum atomic E-state index is -3.21. The van der Waals surface area contributed by atoms with Crippen LogP contribution in [0.2, 0.25) is 5.28 Å². The van der Waals surface area contributed by atoms with Gasteiger partial charge in [0.15, 0.2) is 9.84 Å². The van der Waals surface area contributed by atoms with Gasteiger partial charge in [-0.2, -0.15) is 15.0 Å². The van der Waals surface area contributed by atoms with E-state index in [9.17, 15) is 8.42 Å². The predicted octanol–water partition coefficient (Wildman–Crippen LogP) is 1.55. The van der Waals surface area contributed by atoms with E-state index in [1.165, 1.54) is 6.26 Å². The smallest absolute Gasteiger partial charge is 0.322 e. The maximum Gasteiger partial charge on any atom is 0.322 e. The first-order chi connectivity index (χ1) is 9.01. The molecule has 20 heavy (non-hydrogen) atoms. The highest BCUT2D eigenvalue weighted by atomic mass is 35.5. The SMILES string of the molecule is CC(C)Oc1nc(Cl)nc(NCC(C)(C)S(C)(=O)=O)n1. The average Bonchev–Trinajstić information content (AvgIpc) is 2.23. The summed E-state index contributed by atoms with van der Waals surface area (Å²) in [5, 5.41) is 2.82. The Hall–Kier alpha value is -1.15. The first-order valence-electron chi connectivity index (χ1n) is 6.03. The second kappa shape index (κ2) is 6.09. The molecule has 0 spiro atoms. The van der Waals surface area contributed by atoms with Crippen LogP contribution >= 0.6 is 11.6 Å². The summed E-state index contributed by atoms with van der Waals surface area (Å²) >= 11 is 5.77. The van der Waals surface area contributed by atoms with E-state index >= 15 is 0 Å². The predicted molar refractivity (Wildman–Crippen MR) is 78.0 cm³/mol. The zero-order valence-electron chi connectivity index (χ0n) is 12.1. The van der Waals surface area contributed by atoms with Crippen molar-refractivity contribution in [2.45, 2.75) is 38.5 Å². The lowest BCUT2D eigenvalue weighted by Gasteiger charge is -2.22. The highest BCUT2D eigenvalue weighted by molar-refractivity contribution is 7.92. The third-order valence-electron chi connectivity index (χ3n) is 2.60. The number of aromatic nitrogens is 3. The van der Waals surface area contributed by atoms with Gasteiger partial charge in [-0.05, 0) is 39.3 Å². The molecule has 114 valence electrons. The van der Waals surface area contributed by atoms with E-state index in [1.54, 1.807) is 13.8 Å². The lowest BCUT2D eigenvalue weighted by Crippen LogP contribution is -2.38. The normalized spacial score (nSPS) is 12.6. The molecule has 0 aliphatic carbocycles. The van der Waals surface area contributed by atoms with Crippen LogP contribution in [0.3, 0.4) is 0 Å². The summed E-state index contributed by atoms with van der Waals surface area (Å²) in [5.74, 6) is 0.178. The standard InChI is InChI=1S/C11H19ClN4O3S/c1-7(2)19-10-15-8(12)14-9(16-10)13-6-11(3,4)20(5,17)18/h7H,6H2,1-5H3,(H,13,14,15,16). The number of sulfone groups is 1. The summed E-state index contributed by atoms with van der Waals surface area (Å²) in [6, 6.07) is 0.0969. The molecular formula is C11H19ClN4O3S. The van der Waals surface area contributed by atoms with Crippen molar-refractivity contribution in [1.82, 2.24) is 15.0 Å². The fraction of sp³-hybridized carbons (Fsp3) is 0.727. The highest BCUT2D eigenvalue weighted by Gasteiger charge is 2.30. The molecule has 1 rings (SSSR count). The molecule has 0 radical (unpaired) electrons. The van der Waals surface area contributed by atoms with Crippen LogP contribution < -0.4 is 10.1 Å². The van der Waals surface area contributed by atoms with Gasteiger partial charge in [0.1, 0.15) is 0 Å². The van der Waals surface area contributed by atoms with Crippen LogP contribution in [-0.4, -0.2) is 47.0 Å². The summed E-state index contributed by atoms with van der Waals surface area (Å²) in [7, 11) is -3.21. The molecule has 1 heterocycles. The van der Waals surface area contributed by atoms with Crippen molar-refractivity contribution in [2.75, 3.05) is 18.1 Å². The highest BCUT2D eigenvalue weighted by Crippen LogP contribution is 2.17. The first-order valence-corrected chi connectivity index (χ1v) is 8.30. The first kappa shape index (κ1) is 16.9. The lowest BCUT2D eigenvalue weighted by molar-refractivity contribution is 0.222. The molecule has 7 nitrogen and oxygen atoms in total. The van der Waals surface area contributed by atoms with Gasteiger partial charge in [-0.25, -0.2) is 8.42 Å². The Labute approximate surface area is 124 Å². The van der Waals surface area contributed by atoms with Crippen LogP contribution in [0.25, 0.3) is 0 Å². The summed E-state index contributed by atoms with van der Waals surface area (Å²) in [5.41, 5.74) is 0. The Balaban J connectivity index is 2.86. The van der Waals surface area contributed by atoms with E-state index in [4.69, 9.17) is 16.3 Å². The topological polar surface area (TPSA) is 94.1 Å². The molecule has 0 aliphatic heterocycles. The van der Waals surface area contributed by atoms with Crippen molar-refractivity contribution in [3.63, 3.8) is 0 Å². The van der Waals surface area contributed by atoms with E-state index in [0.29, 0.717) is 0 Å². The molecule has 0 bridgehead atoms. The van der Waals surface area contributed by atoms with Crippen molar-refractivity contribution in [2.24, 2.45) is 0 Å². The summed E-state index contributed by atoms with van der Waals surface area (Å²) in [4.78, 5) is 11.7. The zero-order chi connectivity index (χ0) is 15.6. The largest absolute Gasteiger partial charge is 0.461 e. The van der Waals surface area contributed by atoms with Crippen LogP contribution in [0.15, 0.2) is 0 Å². The number of ether oxygens (including phenoxy) is 1. The molecule has 0 saturated heterocycles. The third kappa shape index (κ3) is 4.75. The lowest BCUT2D eigenvalue weighted by atomic mass is 10.2. The zero-order valence-corrected chi connectivity index (χ0v) is 13.7. The van der Waals surface area contributed by atoms with E-state index in [-0.39, 0.29) is 29.9 Å². The Morgan fingerprint density at radius 1 is 1.30 bits per heavy atom. The van der Waals surface area contributed by atoms with Gasteiger partial charge in [-0.3, -0.25) is 0 Å². The molecule has 1 aromatic rings. The van der Waals surface area contributed by atoms with Crippen LogP contribution in [0.5, 0.6) is 6.01 Å². The summed E-state index contributed by atoms with van der Waals surface area (Å²) in [6.45, 7) is 7.04. The number of nitrogens with one attached hydrogen (secondary N) is 1. The number of halogens is 1. The fourth-order valence-corrected chi connectivity index (χ4v) is 1.58. The van der Waals surface area contributed by atoms with Gasteiger partial charge >= 0.3 is 6.01 Å². The third-order valence-corrected chi connectivity index (χ3v) is 4.93. The Morgan fingerprint density at radius 2 is 1.90 bits per heavy atom. The van der Waals surface area contributed by atoms with Crippen LogP contribution in [0.4, 0.5) is 5.95 Å². The molecule has 0 fully saturated rings. The number of hydrogen-bond acceptors (Lipinski definition) is 7. The van der Waals surface area contributed by atoms with Crippen LogP contribution in [-0.2, 0) is 9.84 Å². The van der Waals surface area contributed by atoms with Crippen molar-refractivity contribution >= 4 is 27.4 Å². The maximum absolute atomic E-state index is 11.6. The maximum atomic E-state index is 11.6. The molecule has 1 aromatic heterocycles. The van der Waals surface area contributed by atoms with Crippen molar-refractivity contribution in [3.05, 3.63) is 5.28 Å². The van der Waals surface area contributed by atoms with Gasteiger partial charge in [0, 0.05) is 12.8 Å². The Bertz CT molecular complexity index is 575. The molecule has 0 saturated carbocycles. The molecule has 0 aromatic carbocycles.